The van der Waals surface area contributed by atoms with E-state index in [9.17, 15) is 9.59 Å². The number of halogens is 1. The summed E-state index contributed by atoms with van der Waals surface area (Å²) in [5.41, 5.74) is 2.84. The van der Waals surface area contributed by atoms with Gasteiger partial charge in [0.1, 0.15) is 0 Å². The molecule has 0 radical (unpaired) electrons. The first-order valence-electron chi connectivity index (χ1n) is 8.78. The second kappa shape index (κ2) is 8.90. The van der Waals surface area contributed by atoms with Crippen LogP contribution in [0.5, 0.6) is 0 Å². The molecule has 4 nitrogen and oxygen atoms in total. The molecule has 1 amide bonds. The molecule has 4 rings (SSSR count). The van der Waals surface area contributed by atoms with E-state index in [-0.39, 0.29) is 11.7 Å². The topological polar surface area (TPSA) is 59.1 Å². The highest BCUT2D eigenvalue weighted by Crippen LogP contribution is 2.32. The number of anilines is 1. The van der Waals surface area contributed by atoms with Crippen LogP contribution in [-0.4, -0.2) is 22.4 Å². The lowest BCUT2D eigenvalue weighted by Gasteiger charge is -2.06. The zero-order valence-corrected chi connectivity index (χ0v) is 18.3. The predicted octanol–water partition coefficient (Wildman–Crippen LogP) is 6.29. The Hall–Kier alpha value is -2.48. The highest BCUT2D eigenvalue weighted by atomic mass is 79.9. The average molecular weight is 483 g/mol. The van der Waals surface area contributed by atoms with Gasteiger partial charge in [-0.05, 0) is 46.3 Å². The summed E-state index contributed by atoms with van der Waals surface area (Å²) >= 11 is 6.35. The van der Waals surface area contributed by atoms with Gasteiger partial charge < -0.3 is 5.32 Å². The van der Waals surface area contributed by atoms with Crippen molar-refractivity contribution in [2.45, 2.75) is 4.34 Å². The van der Waals surface area contributed by atoms with Crippen molar-refractivity contribution in [1.29, 1.82) is 0 Å². The number of carbonyl (C=O) groups is 2. The van der Waals surface area contributed by atoms with Crippen LogP contribution in [0.2, 0.25) is 0 Å². The average Bonchev–Trinajstić information content (AvgIpc) is 3.15. The van der Waals surface area contributed by atoms with Gasteiger partial charge in [-0.25, -0.2) is 4.98 Å². The minimum absolute atomic E-state index is 0.0799. The molecular formula is C22H15BrN2O2S2. The third kappa shape index (κ3) is 4.75. The summed E-state index contributed by atoms with van der Waals surface area (Å²) in [7, 11) is 0. The molecule has 29 heavy (non-hydrogen) atoms. The van der Waals surface area contributed by atoms with Gasteiger partial charge in [0, 0.05) is 15.7 Å². The molecule has 0 aliphatic rings. The number of aromatic nitrogens is 1. The van der Waals surface area contributed by atoms with Crippen molar-refractivity contribution in [1.82, 2.24) is 4.98 Å². The second-order valence-corrected chi connectivity index (χ2v) is 9.28. The van der Waals surface area contributed by atoms with Crippen LogP contribution in [0.15, 0.2) is 81.6 Å². The summed E-state index contributed by atoms with van der Waals surface area (Å²) in [6.45, 7) is 0. The number of fused-ring (bicyclic) bond motifs is 1. The summed E-state index contributed by atoms with van der Waals surface area (Å²) in [5, 5.41) is 2.92. The molecule has 0 spiro atoms. The van der Waals surface area contributed by atoms with E-state index < -0.39 is 0 Å². The molecule has 0 atom stereocenters. The molecule has 4 aromatic rings. The summed E-state index contributed by atoms with van der Waals surface area (Å²) in [4.78, 5) is 29.3. The molecule has 0 bridgehead atoms. The summed E-state index contributed by atoms with van der Waals surface area (Å²) in [6.07, 6.45) is 0. The second-order valence-electron chi connectivity index (χ2n) is 6.17. The van der Waals surface area contributed by atoms with E-state index in [1.807, 2.05) is 66.7 Å². The number of benzene rings is 3. The van der Waals surface area contributed by atoms with Crippen molar-refractivity contribution < 1.29 is 9.59 Å². The third-order valence-electron chi connectivity index (χ3n) is 4.17. The molecule has 0 saturated heterocycles. The molecule has 1 N–H and O–H groups in total. The van der Waals surface area contributed by atoms with E-state index in [4.69, 9.17) is 0 Å². The van der Waals surface area contributed by atoms with Gasteiger partial charge in [-0.3, -0.25) is 9.59 Å². The lowest BCUT2D eigenvalue weighted by molar-refractivity contribution is 0.101. The number of hydrogen-bond acceptors (Lipinski definition) is 5. The Morgan fingerprint density at radius 1 is 1.00 bits per heavy atom. The summed E-state index contributed by atoms with van der Waals surface area (Å²) in [5.74, 6) is 0.246. The van der Waals surface area contributed by atoms with Crippen LogP contribution >= 0.6 is 39.0 Å². The first-order valence-corrected chi connectivity index (χ1v) is 11.4. The van der Waals surface area contributed by atoms with Crippen LogP contribution in [0.25, 0.3) is 10.2 Å². The van der Waals surface area contributed by atoms with Crippen LogP contribution in [0.3, 0.4) is 0 Å². The number of thiazole rings is 1. The number of nitrogens with zero attached hydrogens (tertiary/aromatic N) is 1. The Morgan fingerprint density at radius 3 is 2.55 bits per heavy atom. The minimum atomic E-state index is -0.176. The quantitative estimate of drug-likeness (QED) is 0.259. The summed E-state index contributed by atoms with van der Waals surface area (Å²) in [6, 6.07) is 22.2. The number of thioether (sulfide) groups is 1. The van der Waals surface area contributed by atoms with Gasteiger partial charge in [0.25, 0.3) is 5.91 Å². The fraction of sp³-hybridized carbons (Fsp3) is 0.0455. The first kappa shape index (κ1) is 19.8. The van der Waals surface area contributed by atoms with E-state index in [1.165, 1.54) is 23.1 Å². The molecular weight excluding hydrogens is 468 g/mol. The number of carbonyl (C=O) groups excluding carboxylic acids is 2. The van der Waals surface area contributed by atoms with Crippen molar-refractivity contribution in [2.75, 3.05) is 11.1 Å². The van der Waals surface area contributed by atoms with Gasteiger partial charge >= 0.3 is 0 Å². The zero-order chi connectivity index (χ0) is 20.2. The highest BCUT2D eigenvalue weighted by molar-refractivity contribution is 9.10. The van der Waals surface area contributed by atoms with Gasteiger partial charge in [0.05, 0.1) is 21.5 Å². The Balaban J connectivity index is 1.46. The lowest BCUT2D eigenvalue weighted by Crippen LogP contribution is -2.12. The molecule has 0 unspecified atom stereocenters. The van der Waals surface area contributed by atoms with E-state index in [0.29, 0.717) is 22.6 Å². The van der Waals surface area contributed by atoms with E-state index in [0.717, 1.165) is 19.0 Å². The number of hydrogen-bond donors (Lipinski definition) is 1. The fourth-order valence-electron chi connectivity index (χ4n) is 2.72. The normalized spacial score (nSPS) is 10.8. The standard InChI is InChI=1S/C22H15BrN2O2S2/c23-17-9-5-4-8-16(17)21(27)24-15-10-11-18-20(12-15)29-22(25-18)28-13-19(26)14-6-2-1-3-7-14/h1-12H,13H2,(H,24,27). The van der Waals surface area contributed by atoms with E-state index >= 15 is 0 Å². The van der Waals surface area contributed by atoms with Crippen molar-refractivity contribution in [3.63, 3.8) is 0 Å². The third-order valence-corrected chi connectivity index (χ3v) is 7.02. The van der Waals surface area contributed by atoms with Gasteiger partial charge in [-0.15, -0.1) is 11.3 Å². The smallest absolute Gasteiger partial charge is 0.256 e. The molecule has 0 aliphatic carbocycles. The van der Waals surface area contributed by atoms with Crippen LogP contribution in [-0.2, 0) is 0 Å². The Kier molecular flexibility index (Phi) is 6.08. The highest BCUT2D eigenvalue weighted by Gasteiger charge is 2.12. The Bertz CT molecular complexity index is 1190. The van der Waals surface area contributed by atoms with Crippen molar-refractivity contribution in [3.8, 4) is 0 Å². The maximum atomic E-state index is 12.5. The van der Waals surface area contributed by atoms with Gasteiger partial charge in [-0.1, -0.05) is 54.2 Å². The molecule has 1 aromatic heterocycles. The largest absolute Gasteiger partial charge is 0.322 e. The first-order chi connectivity index (χ1) is 14.1. The number of amides is 1. The monoisotopic (exact) mass is 482 g/mol. The van der Waals surface area contributed by atoms with Crippen LogP contribution in [0, 0.1) is 0 Å². The lowest BCUT2D eigenvalue weighted by atomic mass is 10.2. The number of nitrogens with one attached hydrogen (secondary N) is 1. The number of rotatable bonds is 6. The predicted molar refractivity (Wildman–Crippen MR) is 123 cm³/mol. The Morgan fingerprint density at radius 2 is 1.76 bits per heavy atom. The van der Waals surface area contributed by atoms with Crippen molar-refractivity contribution in [3.05, 3.63) is 88.4 Å². The molecule has 0 fully saturated rings. The number of ketones is 1. The fourth-order valence-corrected chi connectivity index (χ4v) is 5.19. The Labute approximate surface area is 184 Å². The van der Waals surface area contributed by atoms with Crippen LogP contribution in [0.4, 0.5) is 5.69 Å². The van der Waals surface area contributed by atoms with Gasteiger partial charge in [0.2, 0.25) is 0 Å². The molecule has 144 valence electrons. The molecule has 3 aromatic carbocycles. The molecule has 0 saturated carbocycles. The molecule has 0 aliphatic heterocycles. The minimum Gasteiger partial charge on any atom is -0.322 e. The molecule has 7 heteroatoms. The maximum absolute atomic E-state index is 12.5. The maximum Gasteiger partial charge on any atom is 0.256 e. The van der Waals surface area contributed by atoms with Crippen molar-refractivity contribution in [2.24, 2.45) is 0 Å². The van der Waals surface area contributed by atoms with Crippen LogP contribution in [0.1, 0.15) is 20.7 Å². The zero-order valence-electron chi connectivity index (χ0n) is 15.1. The van der Waals surface area contributed by atoms with Crippen LogP contribution < -0.4 is 5.32 Å². The van der Waals surface area contributed by atoms with E-state index in [2.05, 4.69) is 26.2 Å². The van der Waals surface area contributed by atoms with Gasteiger partial charge in [-0.2, -0.15) is 0 Å². The van der Waals surface area contributed by atoms with Crippen molar-refractivity contribution >= 4 is 66.6 Å². The van der Waals surface area contributed by atoms with E-state index in [1.54, 1.807) is 6.07 Å². The van der Waals surface area contributed by atoms with Gasteiger partial charge in [0.15, 0.2) is 10.1 Å². The molecule has 1 heterocycles. The summed E-state index contributed by atoms with van der Waals surface area (Å²) < 4.78 is 2.54. The number of Topliss-reactive ketones (excluding diaryl/α,β-unsaturated/α-hetero) is 1. The SMILES string of the molecule is O=C(CSc1nc2ccc(NC(=O)c3ccccc3Br)cc2s1)c1ccccc1.